The van der Waals surface area contributed by atoms with Crippen molar-refractivity contribution in [1.82, 2.24) is 25.1 Å². The van der Waals surface area contributed by atoms with E-state index in [1.54, 1.807) is 37.0 Å². The third-order valence-electron chi connectivity index (χ3n) is 7.79. The summed E-state index contributed by atoms with van der Waals surface area (Å²) in [6.07, 6.45) is 1.41. The number of ether oxygens (including phenoxy) is 1. The lowest BCUT2D eigenvalue weighted by Gasteiger charge is -2.42. The van der Waals surface area contributed by atoms with Crippen molar-refractivity contribution in [2.45, 2.75) is 57.1 Å². The summed E-state index contributed by atoms with van der Waals surface area (Å²) in [5.41, 5.74) is 2.18. The van der Waals surface area contributed by atoms with Crippen molar-refractivity contribution in [2.24, 2.45) is 7.05 Å². The number of hydrogen-bond donors (Lipinski definition) is 1. The summed E-state index contributed by atoms with van der Waals surface area (Å²) in [5, 5.41) is 7.84. The number of nitrogens with one attached hydrogen (secondary N) is 1. The van der Waals surface area contributed by atoms with Gasteiger partial charge in [-0.05, 0) is 43.9 Å². The normalized spacial score (nSPS) is 21.7. The number of carbonyl (C=O) groups excluding carboxylic acids is 2. The number of fused-ring (bicyclic) bond motifs is 3. The number of rotatable bonds is 6. The lowest BCUT2D eigenvalue weighted by atomic mass is 9.95. The number of hydrogen-bond acceptors (Lipinski definition) is 7. The highest BCUT2D eigenvalue weighted by molar-refractivity contribution is 6.40. The maximum absolute atomic E-state index is 15.8. The number of alkyl carbamates (subject to hydrolysis) is 1. The second-order valence-electron chi connectivity index (χ2n) is 10.5. The number of aromatic nitrogens is 4. The molecule has 4 heterocycles. The van der Waals surface area contributed by atoms with Crippen molar-refractivity contribution in [1.29, 1.82) is 0 Å². The predicted octanol–water partition coefficient (Wildman–Crippen LogP) is 5.58. The lowest BCUT2D eigenvalue weighted by Crippen LogP contribution is -2.58. The summed E-state index contributed by atoms with van der Waals surface area (Å²) >= 11 is 13.1. The minimum Gasteiger partial charge on any atom is -0.445 e. The fourth-order valence-corrected chi connectivity index (χ4v) is 6.40. The Hall–Kier alpha value is -3.76. The molecule has 41 heavy (non-hydrogen) atoms. The monoisotopic (exact) mass is 596 g/mol. The van der Waals surface area contributed by atoms with Gasteiger partial charge in [0.1, 0.15) is 18.5 Å². The molecular weight excluding hydrogens is 570 g/mol. The van der Waals surface area contributed by atoms with Crippen molar-refractivity contribution < 1.29 is 18.7 Å². The third kappa shape index (κ3) is 5.10. The van der Waals surface area contributed by atoms with Crippen LogP contribution in [0.2, 0.25) is 10.2 Å². The molecule has 12 heteroatoms. The standard InChI is InChI=1S/C29H27Cl2FN6O3/c1-15-28(35-27(31)25(33-15)26(39)18-9-10-20-19(23(18)30)13-37(2)36-20)38-17-8-11-22(38)24(32)21(12-17)34-29(40)41-14-16-6-4-3-5-7-16/h3-7,9-10,13,17,21-22,24H,8,11-12,14H2,1-2H3,(H,34,40)/t17-,21-,22+,24-/m0/s1. The molecule has 4 atom stereocenters. The van der Waals surface area contributed by atoms with Gasteiger partial charge >= 0.3 is 6.09 Å². The zero-order chi connectivity index (χ0) is 28.8. The summed E-state index contributed by atoms with van der Waals surface area (Å²) in [6, 6.07) is 11.3. The molecule has 0 spiro atoms. The van der Waals surface area contributed by atoms with Crippen LogP contribution in [0.3, 0.4) is 0 Å². The van der Waals surface area contributed by atoms with Gasteiger partial charge in [-0.15, -0.1) is 0 Å². The first-order valence-electron chi connectivity index (χ1n) is 13.3. The highest BCUT2D eigenvalue weighted by Gasteiger charge is 2.49. The highest BCUT2D eigenvalue weighted by atomic mass is 35.5. The van der Waals surface area contributed by atoms with E-state index in [1.165, 1.54) is 0 Å². The van der Waals surface area contributed by atoms with Gasteiger partial charge in [0.25, 0.3) is 0 Å². The fourth-order valence-electron chi connectivity index (χ4n) is 5.89. The van der Waals surface area contributed by atoms with Crippen LogP contribution in [-0.2, 0) is 18.4 Å². The quantitative estimate of drug-likeness (QED) is 0.290. The maximum atomic E-state index is 15.8. The first-order valence-corrected chi connectivity index (χ1v) is 14.1. The first kappa shape index (κ1) is 27.4. The van der Waals surface area contributed by atoms with Gasteiger partial charge < -0.3 is 15.0 Å². The fraction of sp³-hybridized carbons (Fsp3) is 0.345. The largest absolute Gasteiger partial charge is 0.445 e. The zero-order valence-corrected chi connectivity index (χ0v) is 23.9. The number of amides is 1. The topological polar surface area (TPSA) is 102 Å². The molecule has 4 aromatic rings. The van der Waals surface area contributed by atoms with Crippen LogP contribution < -0.4 is 10.2 Å². The Morgan fingerprint density at radius 2 is 1.90 bits per heavy atom. The van der Waals surface area contributed by atoms with Crippen LogP contribution in [0.25, 0.3) is 10.9 Å². The van der Waals surface area contributed by atoms with E-state index in [1.807, 2.05) is 35.2 Å². The summed E-state index contributed by atoms with van der Waals surface area (Å²) < 4.78 is 22.7. The second-order valence-corrected chi connectivity index (χ2v) is 11.2. The van der Waals surface area contributed by atoms with Crippen molar-refractivity contribution in [3.05, 3.63) is 81.4 Å². The summed E-state index contributed by atoms with van der Waals surface area (Å²) in [6.45, 7) is 1.83. The Morgan fingerprint density at radius 1 is 1.12 bits per heavy atom. The molecule has 2 aliphatic rings. The molecule has 1 N–H and O–H groups in total. The summed E-state index contributed by atoms with van der Waals surface area (Å²) in [7, 11) is 1.77. The number of ketones is 1. The van der Waals surface area contributed by atoms with Gasteiger partial charge in [-0.2, -0.15) is 5.10 Å². The van der Waals surface area contributed by atoms with Crippen molar-refractivity contribution in [2.75, 3.05) is 4.90 Å². The molecule has 2 aromatic carbocycles. The molecule has 212 valence electrons. The van der Waals surface area contributed by atoms with Gasteiger partial charge in [-0.1, -0.05) is 53.5 Å². The molecule has 9 nitrogen and oxygen atoms in total. The molecule has 0 radical (unpaired) electrons. The molecule has 0 aliphatic carbocycles. The van der Waals surface area contributed by atoms with Crippen LogP contribution in [-0.4, -0.2) is 55.9 Å². The minimum atomic E-state index is -1.36. The number of nitrogens with zero attached hydrogens (tertiary/aromatic N) is 5. The molecule has 2 aliphatic heterocycles. The number of benzene rings is 2. The van der Waals surface area contributed by atoms with E-state index in [2.05, 4.69) is 20.4 Å². The van der Waals surface area contributed by atoms with E-state index in [0.29, 0.717) is 35.3 Å². The van der Waals surface area contributed by atoms with E-state index in [0.717, 1.165) is 12.0 Å². The number of anilines is 1. The van der Waals surface area contributed by atoms with E-state index in [-0.39, 0.29) is 34.1 Å². The maximum Gasteiger partial charge on any atom is 0.407 e. The number of halogens is 3. The van der Waals surface area contributed by atoms with E-state index >= 15 is 4.39 Å². The number of piperidine rings is 1. The van der Waals surface area contributed by atoms with E-state index in [9.17, 15) is 9.59 Å². The summed E-state index contributed by atoms with van der Waals surface area (Å²) in [5.74, 6) is -0.0308. The van der Waals surface area contributed by atoms with Crippen LogP contribution in [0.1, 0.15) is 46.6 Å². The summed E-state index contributed by atoms with van der Waals surface area (Å²) in [4.78, 5) is 36.8. The Kier molecular flexibility index (Phi) is 7.29. The predicted molar refractivity (Wildman–Crippen MR) is 153 cm³/mol. The van der Waals surface area contributed by atoms with Crippen LogP contribution >= 0.6 is 23.2 Å². The molecule has 2 bridgehead atoms. The third-order valence-corrected chi connectivity index (χ3v) is 8.46. The molecule has 2 saturated heterocycles. The van der Waals surface area contributed by atoms with Gasteiger partial charge in [-0.25, -0.2) is 19.2 Å². The molecule has 2 fully saturated rings. The van der Waals surface area contributed by atoms with Gasteiger partial charge in [-0.3, -0.25) is 9.48 Å². The van der Waals surface area contributed by atoms with Gasteiger partial charge in [0, 0.05) is 30.2 Å². The van der Waals surface area contributed by atoms with E-state index in [4.69, 9.17) is 27.9 Å². The number of alkyl halides is 1. The second kappa shape index (κ2) is 10.9. The Balaban J connectivity index is 1.19. The molecular formula is C29H27Cl2FN6O3. The van der Waals surface area contributed by atoms with Crippen LogP contribution in [0.5, 0.6) is 0 Å². The van der Waals surface area contributed by atoms with Crippen molar-refractivity contribution >= 4 is 51.8 Å². The SMILES string of the molecule is Cc1nc(C(=O)c2ccc3nn(C)cc3c2Cl)c(Cl)nc1N1[C@H]2CC[C@@H]1[C@@H](F)[C@@H](NC(=O)OCc1ccccc1)C2. The van der Waals surface area contributed by atoms with Crippen molar-refractivity contribution in [3.63, 3.8) is 0 Å². The van der Waals surface area contributed by atoms with Crippen LogP contribution in [0.4, 0.5) is 15.0 Å². The molecule has 2 aromatic heterocycles. The lowest BCUT2D eigenvalue weighted by molar-refractivity contribution is 0.103. The molecule has 1 amide bonds. The average molecular weight is 597 g/mol. The van der Waals surface area contributed by atoms with E-state index < -0.39 is 30.1 Å². The minimum absolute atomic E-state index is 0.0279. The van der Waals surface area contributed by atoms with Gasteiger partial charge in [0.15, 0.2) is 11.0 Å². The Morgan fingerprint density at radius 3 is 2.68 bits per heavy atom. The number of carbonyl (C=O) groups is 2. The zero-order valence-electron chi connectivity index (χ0n) is 22.4. The number of aryl methyl sites for hydroxylation is 2. The van der Waals surface area contributed by atoms with Gasteiger partial charge in [0.2, 0.25) is 5.78 Å². The Bertz CT molecular complexity index is 1650. The smallest absolute Gasteiger partial charge is 0.407 e. The van der Waals surface area contributed by atoms with Gasteiger partial charge in [0.05, 0.1) is 28.3 Å². The average Bonchev–Trinajstić information content (AvgIpc) is 3.51. The first-order chi connectivity index (χ1) is 19.7. The van der Waals surface area contributed by atoms with Crippen molar-refractivity contribution in [3.8, 4) is 0 Å². The molecule has 0 saturated carbocycles. The molecule has 6 rings (SSSR count). The van der Waals surface area contributed by atoms with Crippen LogP contribution in [0, 0.1) is 6.92 Å². The Labute approximate surface area is 245 Å². The molecule has 0 unspecified atom stereocenters. The van der Waals surface area contributed by atoms with Crippen LogP contribution in [0.15, 0.2) is 48.7 Å². The highest BCUT2D eigenvalue weighted by Crippen LogP contribution is 2.41.